The Morgan fingerprint density at radius 2 is 1.67 bits per heavy atom. The second-order valence-electron chi connectivity index (χ2n) is 8.13. The molecule has 2 aromatic heterocycles. The average molecular weight is 454 g/mol. The van der Waals surface area contributed by atoms with Crippen molar-refractivity contribution < 1.29 is 9.21 Å². The molecule has 33 heavy (non-hydrogen) atoms. The van der Waals surface area contributed by atoms with Crippen molar-refractivity contribution >= 4 is 38.3 Å². The lowest BCUT2D eigenvalue weighted by atomic mass is 10.0. The molecule has 0 N–H and O–H groups in total. The molecule has 2 heterocycles. The van der Waals surface area contributed by atoms with E-state index in [4.69, 9.17) is 9.40 Å². The van der Waals surface area contributed by atoms with Gasteiger partial charge in [0.05, 0.1) is 28.0 Å². The number of rotatable bonds is 6. The van der Waals surface area contributed by atoms with E-state index >= 15 is 0 Å². The first-order chi connectivity index (χ1) is 16.1. The van der Waals surface area contributed by atoms with Gasteiger partial charge in [-0.15, -0.1) is 0 Å². The van der Waals surface area contributed by atoms with Gasteiger partial charge < -0.3 is 4.42 Å². The summed E-state index contributed by atoms with van der Waals surface area (Å²) in [6, 6.07) is 25.7. The number of amides is 1. The first-order valence-electron chi connectivity index (χ1n) is 10.9. The standard InChI is InChI=1S/C27H23N3O2S/c1-18(2)19-12-14-22(15-13-19)30(27-29-23-10-6-7-11-24(23)33-27)25(31)16-21-17-32-26(28-21)20-8-4-3-5-9-20/h3-15,17-18H,16H2,1-2H3. The molecule has 0 fully saturated rings. The summed E-state index contributed by atoms with van der Waals surface area (Å²) in [5, 5.41) is 0.644. The molecule has 0 unspecified atom stereocenters. The van der Waals surface area contributed by atoms with E-state index in [9.17, 15) is 4.79 Å². The highest BCUT2D eigenvalue weighted by Gasteiger charge is 2.23. The fourth-order valence-corrected chi connectivity index (χ4v) is 4.66. The third-order valence-electron chi connectivity index (χ3n) is 5.45. The van der Waals surface area contributed by atoms with Crippen molar-refractivity contribution in [2.75, 3.05) is 4.90 Å². The lowest BCUT2D eigenvalue weighted by Gasteiger charge is -2.20. The quantitative estimate of drug-likeness (QED) is 0.278. The molecule has 1 amide bonds. The fourth-order valence-electron chi connectivity index (χ4n) is 3.66. The maximum atomic E-state index is 13.6. The van der Waals surface area contributed by atoms with Crippen molar-refractivity contribution in [1.82, 2.24) is 9.97 Å². The monoisotopic (exact) mass is 453 g/mol. The van der Waals surface area contributed by atoms with Crippen LogP contribution in [0.1, 0.15) is 31.0 Å². The summed E-state index contributed by atoms with van der Waals surface area (Å²) in [5.74, 6) is 0.808. The molecule has 5 aromatic rings. The number of hydrogen-bond acceptors (Lipinski definition) is 5. The van der Waals surface area contributed by atoms with E-state index in [1.54, 1.807) is 11.2 Å². The van der Waals surface area contributed by atoms with Crippen LogP contribution in [0.15, 0.2) is 89.5 Å². The molecule has 3 aromatic carbocycles. The molecular weight excluding hydrogens is 430 g/mol. The van der Waals surface area contributed by atoms with Crippen LogP contribution >= 0.6 is 11.3 Å². The summed E-state index contributed by atoms with van der Waals surface area (Å²) in [7, 11) is 0. The average Bonchev–Trinajstić information content (AvgIpc) is 3.47. The minimum absolute atomic E-state index is 0.109. The number of benzene rings is 3. The Morgan fingerprint density at radius 1 is 0.939 bits per heavy atom. The minimum Gasteiger partial charge on any atom is -0.444 e. The zero-order chi connectivity index (χ0) is 22.8. The van der Waals surface area contributed by atoms with E-state index in [-0.39, 0.29) is 12.3 Å². The van der Waals surface area contributed by atoms with Crippen LogP contribution in [0.25, 0.3) is 21.7 Å². The molecule has 0 spiro atoms. The highest BCUT2D eigenvalue weighted by atomic mass is 32.1. The highest BCUT2D eigenvalue weighted by Crippen LogP contribution is 2.34. The number of oxazole rings is 1. The lowest BCUT2D eigenvalue weighted by molar-refractivity contribution is -0.117. The van der Waals surface area contributed by atoms with Crippen LogP contribution in [0.4, 0.5) is 10.8 Å². The number of nitrogens with zero attached hydrogens (tertiary/aromatic N) is 3. The van der Waals surface area contributed by atoms with Crippen LogP contribution in [0, 0.1) is 0 Å². The van der Waals surface area contributed by atoms with Gasteiger partial charge in [-0.05, 0) is 47.9 Å². The zero-order valence-corrected chi connectivity index (χ0v) is 19.3. The third-order valence-corrected chi connectivity index (χ3v) is 6.47. The van der Waals surface area contributed by atoms with Gasteiger partial charge in [-0.2, -0.15) is 0 Å². The van der Waals surface area contributed by atoms with Crippen molar-refractivity contribution in [2.45, 2.75) is 26.2 Å². The molecule has 0 aliphatic rings. The summed E-state index contributed by atoms with van der Waals surface area (Å²) < 4.78 is 6.68. The molecular formula is C27H23N3O2S. The SMILES string of the molecule is CC(C)c1ccc(N(C(=O)Cc2coc(-c3ccccc3)n2)c2nc3ccccc3s2)cc1. The van der Waals surface area contributed by atoms with Crippen molar-refractivity contribution in [3.05, 3.63) is 96.4 Å². The summed E-state index contributed by atoms with van der Waals surface area (Å²) in [5.41, 5.74) is 4.35. The van der Waals surface area contributed by atoms with Gasteiger partial charge in [-0.25, -0.2) is 9.97 Å². The first kappa shape index (κ1) is 21.1. The first-order valence-corrected chi connectivity index (χ1v) is 11.7. The van der Waals surface area contributed by atoms with E-state index in [0.717, 1.165) is 21.5 Å². The van der Waals surface area contributed by atoms with Gasteiger partial charge in [0.1, 0.15) is 6.26 Å². The van der Waals surface area contributed by atoms with Crippen molar-refractivity contribution in [1.29, 1.82) is 0 Å². The molecule has 164 valence electrons. The van der Waals surface area contributed by atoms with Crippen molar-refractivity contribution in [2.24, 2.45) is 0 Å². The van der Waals surface area contributed by atoms with Crippen LogP contribution in [0.3, 0.4) is 0 Å². The normalized spacial score (nSPS) is 11.2. The summed E-state index contributed by atoms with van der Waals surface area (Å²) in [4.78, 5) is 24.5. The zero-order valence-electron chi connectivity index (χ0n) is 18.4. The predicted octanol–water partition coefficient (Wildman–Crippen LogP) is 6.98. The second kappa shape index (κ2) is 9.00. The van der Waals surface area contributed by atoms with Gasteiger partial charge in [0.25, 0.3) is 0 Å². The number of thiazole rings is 1. The maximum Gasteiger partial charge on any atom is 0.239 e. The Morgan fingerprint density at radius 3 is 2.39 bits per heavy atom. The van der Waals surface area contributed by atoms with Crippen molar-refractivity contribution in [3.63, 3.8) is 0 Å². The molecule has 0 aliphatic heterocycles. The van der Waals surface area contributed by atoms with Gasteiger partial charge >= 0.3 is 0 Å². The molecule has 0 saturated carbocycles. The number of carbonyl (C=O) groups excluding carboxylic acids is 1. The number of fused-ring (bicyclic) bond motifs is 1. The number of hydrogen-bond donors (Lipinski definition) is 0. The van der Waals surface area contributed by atoms with Crippen LogP contribution in [-0.4, -0.2) is 15.9 Å². The Balaban J connectivity index is 1.48. The highest BCUT2D eigenvalue weighted by molar-refractivity contribution is 7.22. The molecule has 5 nitrogen and oxygen atoms in total. The van der Waals surface area contributed by atoms with E-state index in [0.29, 0.717) is 22.6 Å². The molecule has 5 rings (SSSR count). The van der Waals surface area contributed by atoms with Crippen LogP contribution in [0.5, 0.6) is 0 Å². The van der Waals surface area contributed by atoms with Crippen molar-refractivity contribution in [3.8, 4) is 11.5 Å². The van der Waals surface area contributed by atoms with Gasteiger partial charge in [-0.1, -0.05) is 67.6 Å². The summed E-state index contributed by atoms with van der Waals surface area (Å²) >= 11 is 1.50. The lowest BCUT2D eigenvalue weighted by Crippen LogP contribution is -2.27. The fraction of sp³-hybridized carbons (Fsp3) is 0.148. The topological polar surface area (TPSA) is 59.2 Å². The van der Waals surface area contributed by atoms with Crippen LogP contribution in [0.2, 0.25) is 0 Å². The van der Waals surface area contributed by atoms with E-state index in [1.807, 2.05) is 66.7 Å². The molecule has 0 bridgehead atoms. The molecule has 0 aliphatic carbocycles. The van der Waals surface area contributed by atoms with Crippen LogP contribution < -0.4 is 4.90 Å². The number of para-hydroxylation sites is 1. The predicted molar refractivity (Wildman–Crippen MR) is 133 cm³/mol. The molecule has 0 saturated heterocycles. The third kappa shape index (κ3) is 4.43. The summed E-state index contributed by atoms with van der Waals surface area (Å²) in [6.07, 6.45) is 1.66. The summed E-state index contributed by atoms with van der Waals surface area (Å²) in [6.45, 7) is 4.31. The van der Waals surface area contributed by atoms with Gasteiger partial charge in [-0.3, -0.25) is 9.69 Å². The number of anilines is 2. The number of aromatic nitrogens is 2. The Kier molecular flexibility index (Phi) is 5.75. The largest absolute Gasteiger partial charge is 0.444 e. The van der Waals surface area contributed by atoms with E-state index in [2.05, 4.69) is 31.0 Å². The van der Waals surface area contributed by atoms with Gasteiger partial charge in [0.2, 0.25) is 11.8 Å². The van der Waals surface area contributed by atoms with E-state index in [1.165, 1.54) is 16.9 Å². The Hall–Kier alpha value is -3.77. The second-order valence-corrected chi connectivity index (χ2v) is 9.14. The van der Waals surface area contributed by atoms with Gasteiger partial charge in [0.15, 0.2) is 5.13 Å². The van der Waals surface area contributed by atoms with Gasteiger partial charge in [0, 0.05) is 5.56 Å². The Bertz CT molecular complexity index is 1350. The van der Waals surface area contributed by atoms with E-state index < -0.39 is 0 Å². The Labute approximate surface area is 196 Å². The molecule has 6 heteroatoms. The molecule has 0 atom stereocenters. The smallest absolute Gasteiger partial charge is 0.239 e. The molecule has 0 radical (unpaired) electrons. The number of carbonyl (C=O) groups is 1. The van der Waals surface area contributed by atoms with Crippen LogP contribution in [-0.2, 0) is 11.2 Å². The minimum atomic E-state index is -0.112. The maximum absolute atomic E-state index is 13.6.